The lowest BCUT2D eigenvalue weighted by atomic mass is 9.99. The first-order valence-corrected chi connectivity index (χ1v) is 22.0. The van der Waals surface area contributed by atoms with Crippen LogP contribution in [0.1, 0.15) is 17.7 Å². The van der Waals surface area contributed by atoms with Crippen LogP contribution in [-0.2, 0) is 6.42 Å². The largest absolute Gasteiger partial charge is 0.312 e. The standard InChI is InChI=1S/C54H40N2Si/c1-4-21-40(22-5-1)57(41-23-6-2-7-24-41,42-25-8-3-9-26-42)43-27-18-20-39(38-43)54-52(55-48-32-14-10-28-44(48)45-29-11-15-33-49(45)55)36-19-37-53(54)56-50-34-16-12-30-46(50)47-31-13-17-35-51(47)56/h1-16,18-34,36-38H,17,35H2. The molecule has 2 heterocycles. The van der Waals surface area contributed by atoms with Crippen LogP contribution in [0.5, 0.6) is 0 Å². The number of nitrogens with zero attached hydrogens (tertiary/aromatic N) is 2. The fourth-order valence-corrected chi connectivity index (χ4v) is 14.6. The van der Waals surface area contributed by atoms with Gasteiger partial charge in [0.2, 0.25) is 0 Å². The maximum absolute atomic E-state index is 2.81. The Morgan fingerprint density at radius 3 is 1.42 bits per heavy atom. The van der Waals surface area contributed by atoms with E-state index in [2.05, 4.69) is 228 Å². The van der Waals surface area contributed by atoms with E-state index in [9.17, 15) is 0 Å². The van der Waals surface area contributed by atoms with Crippen molar-refractivity contribution in [2.24, 2.45) is 0 Å². The zero-order chi connectivity index (χ0) is 37.8. The molecule has 0 amide bonds. The molecule has 270 valence electrons. The van der Waals surface area contributed by atoms with Crippen molar-refractivity contribution in [2.45, 2.75) is 12.8 Å². The molecule has 0 bridgehead atoms. The van der Waals surface area contributed by atoms with Crippen LogP contribution in [0.15, 0.2) is 212 Å². The van der Waals surface area contributed by atoms with Crippen molar-refractivity contribution >= 4 is 67.6 Å². The second-order valence-electron chi connectivity index (χ2n) is 15.1. The number of para-hydroxylation sites is 3. The molecule has 0 atom stereocenters. The number of hydrogen-bond acceptors (Lipinski definition) is 0. The summed E-state index contributed by atoms with van der Waals surface area (Å²) in [5.41, 5.74) is 11.2. The molecule has 0 aliphatic heterocycles. The van der Waals surface area contributed by atoms with Gasteiger partial charge in [-0.25, -0.2) is 0 Å². The van der Waals surface area contributed by atoms with Gasteiger partial charge in [0, 0.05) is 33.0 Å². The first kappa shape index (κ1) is 33.4. The van der Waals surface area contributed by atoms with Crippen LogP contribution in [0.3, 0.4) is 0 Å². The molecular weight excluding hydrogens is 705 g/mol. The summed E-state index contributed by atoms with van der Waals surface area (Å²) in [6.45, 7) is 0. The first-order valence-electron chi connectivity index (χ1n) is 20.0. The SMILES string of the molecule is C1=Cc2c(n(-c3cccc(-n4c5ccccc5c5ccccc54)c3-c3cccc([Si](c4ccccc4)(c4ccccc4)c4ccccc4)c3)c3ccccc23)CC1. The Bertz CT molecular complexity index is 2970. The van der Waals surface area contributed by atoms with Gasteiger partial charge >= 0.3 is 0 Å². The molecule has 0 unspecified atom stereocenters. The maximum atomic E-state index is 2.57. The quantitative estimate of drug-likeness (QED) is 0.114. The van der Waals surface area contributed by atoms with E-state index in [-0.39, 0.29) is 0 Å². The van der Waals surface area contributed by atoms with E-state index in [0.29, 0.717) is 0 Å². The highest BCUT2D eigenvalue weighted by molar-refractivity contribution is 7.19. The Morgan fingerprint density at radius 1 is 0.386 bits per heavy atom. The smallest absolute Gasteiger partial charge is 0.179 e. The molecule has 1 aliphatic carbocycles. The van der Waals surface area contributed by atoms with Gasteiger partial charge in [-0.05, 0) is 69.5 Å². The zero-order valence-corrected chi connectivity index (χ0v) is 32.6. The molecule has 0 N–H and O–H groups in total. The molecule has 8 aromatic carbocycles. The molecule has 57 heavy (non-hydrogen) atoms. The van der Waals surface area contributed by atoms with Crippen LogP contribution >= 0.6 is 0 Å². The molecule has 0 saturated carbocycles. The molecule has 1 aliphatic rings. The topological polar surface area (TPSA) is 9.86 Å². The summed E-state index contributed by atoms with van der Waals surface area (Å²) >= 11 is 0. The van der Waals surface area contributed by atoms with Crippen molar-refractivity contribution in [1.82, 2.24) is 9.13 Å². The lowest BCUT2D eigenvalue weighted by Gasteiger charge is -2.35. The van der Waals surface area contributed by atoms with Gasteiger partial charge in [0.25, 0.3) is 0 Å². The fourth-order valence-electron chi connectivity index (χ4n) is 9.80. The molecular formula is C54H40N2Si. The van der Waals surface area contributed by atoms with Crippen molar-refractivity contribution in [2.75, 3.05) is 0 Å². The predicted molar refractivity (Wildman–Crippen MR) is 244 cm³/mol. The summed E-state index contributed by atoms with van der Waals surface area (Å²) in [6, 6.07) is 77.0. The van der Waals surface area contributed by atoms with E-state index in [1.165, 1.54) is 87.2 Å². The van der Waals surface area contributed by atoms with Crippen LogP contribution < -0.4 is 20.7 Å². The number of allylic oxidation sites excluding steroid dienone is 1. The average molecular weight is 745 g/mol. The third-order valence-electron chi connectivity index (χ3n) is 12.1. The maximum Gasteiger partial charge on any atom is 0.179 e. The first-order chi connectivity index (χ1) is 28.3. The molecule has 0 spiro atoms. The lowest BCUT2D eigenvalue weighted by Crippen LogP contribution is -2.74. The van der Waals surface area contributed by atoms with Crippen LogP contribution in [0.25, 0.3) is 61.3 Å². The second kappa shape index (κ2) is 13.7. The summed E-state index contributed by atoms with van der Waals surface area (Å²) in [7, 11) is -2.81. The van der Waals surface area contributed by atoms with Crippen molar-refractivity contribution < 1.29 is 0 Å². The summed E-state index contributed by atoms with van der Waals surface area (Å²) in [6.07, 6.45) is 6.69. The molecule has 2 nitrogen and oxygen atoms in total. The highest BCUT2D eigenvalue weighted by Crippen LogP contribution is 2.42. The molecule has 0 saturated heterocycles. The Balaban J connectivity index is 1.28. The summed E-state index contributed by atoms with van der Waals surface area (Å²) in [5.74, 6) is 0. The van der Waals surface area contributed by atoms with Gasteiger partial charge in [0.05, 0.1) is 27.9 Å². The Morgan fingerprint density at radius 2 is 0.842 bits per heavy atom. The molecule has 11 rings (SSSR count). The third-order valence-corrected chi connectivity index (χ3v) is 16.9. The van der Waals surface area contributed by atoms with E-state index < -0.39 is 8.07 Å². The van der Waals surface area contributed by atoms with Gasteiger partial charge in [0.1, 0.15) is 0 Å². The van der Waals surface area contributed by atoms with Crippen molar-refractivity contribution in [3.05, 3.63) is 224 Å². The van der Waals surface area contributed by atoms with Crippen molar-refractivity contribution in [1.29, 1.82) is 0 Å². The number of rotatable bonds is 7. The highest BCUT2D eigenvalue weighted by atomic mass is 28.3. The van der Waals surface area contributed by atoms with E-state index in [1.54, 1.807) is 0 Å². The number of aromatic nitrogens is 2. The van der Waals surface area contributed by atoms with Gasteiger partial charge < -0.3 is 9.13 Å². The second-order valence-corrected chi connectivity index (χ2v) is 18.9. The summed E-state index contributed by atoms with van der Waals surface area (Å²) in [4.78, 5) is 0. The van der Waals surface area contributed by atoms with Gasteiger partial charge in [-0.3, -0.25) is 0 Å². The Labute approximate surface area is 334 Å². The minimum atomic E-state index is -2.81. The fraction of sp³-hybridized carbons (Fsp3) is 0.0370. The van der Waals surface area contributed by atoms with E-state index in [1.807, 2.05) is 0 Å². The minimum absolute atomic E-state index is 0.992. The van der Waals surface area contributed by atoms with Crippen LogP contribution in [0.2, 0.25) is 0 Å². The van der Waals surface area contributed by atoms with E-state index in [4.69, 9.17) is 0 Å². The Kier molecular flexibility index (Phi) is 8.01. The van der Waals surface area contributed by atoms with E-state index in [0.717, 1.165) is 12.8 Å². The van der Waals surface area contributed by atoms with Crippen molar-refractivity contribution in [3.63, 3.8) is 0 Å². The summed E-state index contributed by atoms with van der Waals surface area (Å²) < 4.78 is 5.08. The van der Waals surface area contributed by atoms with Crippen LogP contribution in [-0.4, -0.2) is 17.2 Å². The molecule has 0 radical (unpaired) electrons. The molecule has 2 aromatic heterocycles. The number of hydrogen-bond donors (Lipinski definition) is 0. The Hall–Kier alpha value is -6.94. The predicted octanol–water partition coefficient (Wildman–Crippen LogP) is 10.7. The number of fused-ring (bicyclic) bond motifs is 6. The van der Waals surface area contributed by atoms with Crippen LogP contribution in [0, 0.1) is 0 Å². The van der Waals surface area contributed by atoms with Gasteiger partial charge in [0.15, 0.2) is 8.07 Å². The van der Waals surface area contributed by atoms with Gasteiger partial charge in [-0.2, -0.15) is 0 Å². The van der Waals surface area contributed by atoms with E-state index >= 15 is 0 Å². The molecule has 10 aromatic rings. The molecule has 3 heteroatoms. The average Bonchev–Trinajstić information content (AvgIpc) is 3.81. The molecule has 0 fully saturated rings. The van der Waals surface area contributed by atoms with Crippen molar-refractivity contribution in [3.8, 4) is 22.5 Å². The lowest BCUT2D eigenvalue weighted by molar-refractivity contribution is 0.888. The third kappa shape index (κ3) is 5.16. The minimum Gasteiger partial charge on any atom is -0.312 e. The van der Waals surface area contributed by atoms with Crippen LogP contribution in [0.4, 0.5) is 0 Å². The highest BCUT2D eigenvalue weighted by Gasteiger charge is 2.41. The zero-order valence-electron chi connectivity index (χ0n) is 31.6. The van der Waals surface area contributed by atoms with Gasteiger partial charge in [-0.15, -0.1) is 0 Å². The number of benzene rings is 8. The van der Waals surface area contributed by atoms with Gasteiger partial charge in [-0.1, -0.05) is 188 Å². The normalized spacial score (nSPS) is 12.7. The summed E-state index contributed by atoms with van der Waals surface area (Å²) in [5, 5.41) is 9.28. The monoisotopic (exact) mass is 744 g/mol.